The number of nitrogens with zero attached hydrogens (tertiary/aromatic N) is 1. The van der Waals surface area contributed by atoms with Crippen LogP contribution in [0.25, 0.3) is 0 Å². The van der Waals surface area contributed by atoms with Gasteiger partial charge in [0.1, 0.15) is 11.5 Å². The fourth-order valence-electron chi connectivity index (χ4n) is 1.75. The first-order valence-electron chi connectivity index (χ1n) is 5.36. The molecule has 0 saturated carbocycles. The third-order valence-electron chi connectivity index (χ3n) is 2.65. The van der Waals surface area contributed by atoms with Crippen molar-refractivity contribution in [2.45, 2.75) is 6.04 Å². The van der Waals surface area contributed by atoms with Crippen LogP contribution in [0.1, 0.15) is 16.5 Å². The summed E-state index contributed by atoms with van der Waals surface area (Å²) in [6, 6.07) is 5.50. The van der Waals surface area contributed by atoms with Crippen LogP contribution >= 0.6 is 11.3 Å². The molecule has 18 heavy (non-hydrogen) atoms. The lowest BCUT2D eigenvalue weighted by Crippen LogP contribution is -2.28. The molecule has 0 aliphatic carbocycles. The van der Waals surface area contributed by atoms with Crippen molar-refractivity contribution in [2.75, 3.05) is 14.2 Å². The van der Waals surface area contributed by atoms with Gasteiger partial charge in [-0.05, 0) is 12.1 Å². The van der Waals surface area contributed by atoms with Crippen molar-refractivity contribution in [1.29, 1.82) is 0 Å². The predicted molar refractivity (Wildman–Crippen MR) is 70.8 cm³/mol. The second kappa shape index (κ2) is 5.81. The number of ether oxygens (including phenoxy) is 2. The van der Waals surface area contributed by atoms with Crippen LogP contribution in [0.5, 0.6) is 11.5 Å². The van der Waals surface area contributed by atoms with Gasteiger partial charge in [-0.3, -0.25) is 10.8 Å². The summed E-state index contributed by atoms with van der Waals surface area (Å²) in [7, 11) is 3.24. The van der Waals surface area contributed by atoms with Gasteiger partial charge in [0.25, 0.3) is 0 Å². The fourth-order valence-corrected chi connectivity index (χ4v) is 2.45. The number of benzene rings is 1. The van der Waals surface area contributed by atoms with Gasteiger partial charge in [0.05, 0.1) is 25.8 Å². The van der Waals surface area contributed by atoms with Gasteiger partial charge in [0, 0.05) is 22.7 Å². The van der Waals surface area contributed by atoms with Gasteiger partial charge >= 0.3 is 0 Å². The lowest BCUT2D eigenvalue weighted by Gasteiger charge is -2.18. The normalized spacial score (nSPS) is 12.2. The average molecular weight is 265 g/mol. The number of hydrogen-bond acceptors (Lipinski definition) is 6. The van der Waals surface area contributed by atoms with Crippen LogP contribution in [-0.4, -0.2) is 19.2 Å². The van der Waals surface area contributed by atoms with Crippen LogP contribution < -0.4 is 20.7 Å². The van der Waals surface area contributed by atoms with E-state index in [1.807, 2.05) is 18.2 Å². The highest BCUT2D eigenvalue weighted by Crippen LogP contribution is 2.33. The maximum atomic E-state index is 5.63. The van der Waals surface area contributed by atoms with E-state index in [1.54, 1.807) is 25.9 Å². The molecule has 1 atom stereocenters. The Bertz CT molecular complexity index is 502. The number of hydrogen-bond donors (Lipinski definition) is 2. The largest absolute Gasteiger partial charge is 0.497 e. The SMILES string of the molecule is COc1ccc(C(NN)c2cncs2)c(OC)c1. The standard InChI is InChI=1S/C12H15N3O2S/c1-16-8-3-4-9(10(5-8)17-2)12(15-13)11-6-14-7-18-11/h3-7,12,15H,13H2,1-2H3. The zero-order chi connectivity index (χ0) is 13.0. The third kappa shape index (κ3) is 2.45. The molecule has 0 amide bonds. The first-order chi connectivity index (χ1) is 8.80. The number of aromatic nitrogens is 1. The summed E-state index contributed by atoms with van der Waals surface area (Å²) in [6.45, 7) is 0. The van der Waals surface area contributed by atoms with Gasteiger partial charge in [-0.2, -0.15) is 0 Å². The van der Waals surface area contributed by atoms with Crippen LogP contribution in [0, 0.1) is 0 Å². The number of thiazole rings is 1. The molecule has 1 unspecified atom stereocenters. The molecule has 5 nitrogen and oxygen atoms in total. The van der Waals surface area contributed by atoms with Crippen LogP contribution in [0.15, 0.2) is 29.9 Å². The van der Waals surface area contributed by atoms with E-state index in [2.05, 4.69) is 10.4 Å². The Kier molecular flexibility index (Phi) is 4.14. The topological polar surface area (TPSA) is 69.4 Å². The van der Waals surface area contributed by atoms with Gasteiger partial charge in [0.15, 0.2) is 0 Å². The molecule has 1 aromatic heterocycles. The van der Waals surface area contributed by atoms with Crippen molar-refractivity contribution in [3.8, 4) is 11.5 Å². The van der Waals surface area contributed by atoms with Gasteiger partial charge in [-0.15, -0.1) is 11.3 Å². The van der Waals surface area contributed by atoms with Gasteiger partial charge in [-0.25, -0.2) is 5.43 Å². The van der Waals surface area contributed by atoms with Crippen molar-refractivity contribution in [1.82, 2.24) is 10.4 Å². The molecular formula is C12H15N3O2S. The van der Waals surface area contributed by atoms with Crippen LogP contribution in [0.4, 0.5) is 0 Å². The summed E-state index contributed by atoms with van der Waals surface area (Å²) in [4.78, 5) is 5.09. The number of nitrogens with two attached hydrogens (primary N) is 1. The average Bonchev–Trinajstić information content (AvgIpc) is 2.94. The highest BCUT2D eigenvalue weighted by atomic mass is 32.1. The monoisotopic (exact) mass is 265 g/mol. The van der Waals surface area contributed by atoms with E-state index >= 15 is 0 Å². The Hall–Kier alpha value is -1.63. The highest BCUT2D eigenvalue weighted by molar-refractivity contribution is 7.09. The smallest absolute Gasteiger partial charge is 0.127 e. The second-order valence-corrected chi connectivity index (χ2v) is 4.53. The summed E-state index contributed by atoms with van der Waals surface area (Å²) in [5.41, 5.74) is 5.51. The maximum Gasteiger partial charge on any atom is 0.127 e. The van der Waals surface area contributed by atoms with E-state index in [0.717, 1.165) is 21.9 Å². The molecule has 0 spiro atoms. The van der Waals surface area contributed by atoms with Gasteiger partial charge in [0.2, 0.25) is 0 Å². The molecule has 1 aromatic carbocycles. The minimum Gasteiger partial charge on any atom is -0.497 e. The molecule has 96 valence electrons. The quantitative estimate of drug-likeness (QED) is 0.636. The van der Waals surface area contributed by atoms with E-state index in [9.17, 15) is 0 Å². The molecule has 3 N–H and O–H groups in total. The molecule has 2 rings (SSSR count). The van der Waals surface area contributed by atoms with Gasteiger partial charge < -0.3 is 9.47 Å². The molecule has 0 aliphatic rings. The molecule has 1 heterocycles. The first kappa shape index (κ1) is 12.8. The van der Waals surface area contributed by atoms with Crippen LogP contribution in [0.3, 0.4) is 0 Å². The Morgan fingerprint density at radius 3 is 2.72 bits per heavy atom. The van der Waals surface area contributed by atoms with Crippen molar-refractivity contribution < 1.29 is 9.47 Å². The van der Waals surface area contributed by atoms with Gasteiger partial charge in [-0.1, -0.05) is 0 Å². The van der Waals surface area contributed by atoms with E-state index in [1.165, 1.54) is 11.3 Å². The number of hydrazine groups is 1. The Balaban J connectivity index is 2.42. The van der Waals surface area contributed by atoms with E-state index < -0.39 is 0 Å². The zero-order valence-corrected chi connectivity index (χ0v) is 11.0. The Labute approximate surface area is 110 Å². The summed E-state index contributed by atoms with van der Waals surface area (Å²) in [6.07, 6.45) is 1.79. The first-order valence-corrected chi connectivity index (χ1v) is 6.24. The second-order valence-electron chi connectivity index (χ2n) is 3.61. The van der Waals surface area contributed by atoms with E-state index in [-0.39, 0.29) is 6.04 Å². The molecule has 0 radical (unpaired) electrons. The van der Waals surface area contributed by atoms with E-state index in [0.29, 0.717) is 0 Å². The molecule has 0 bridgehead atoms. The molecule has 2 aromatic rings. The van der Waals surface area contributed by atoms with Crippen LogP contribution in [0.2, 0.25) is 0 Å². The summed E-state index contributed by atoms with van der Waals surface area (Å²) in [5, 5.41) is 0. The van der Waals surface area contributed by atoms with Crippen molar-refractivity contribution in [3.05, 3.63) is 40.3 Å². The summed E-state index contributed by atoms with van der Waals surface area (Å²) >= 11 is 1.54. The number of methoxy groups -OCH3 is 2. The number of rotatable bonds is 5. The molecule has 0 saturated heterocycles. The summed E-state index contributed by atoms with van der Waals surface area (Å²) in [5.74, 6) is 7.11. The minimum absolute atomic E-state index is 0.140. The fraction of sp³-hybridized carbons (Fsp3) is 0.250. The molecule has 6 heteroatoms. The Morgan fingerprint density at radius 2 is 2.17 bits per heavy atom. The molecule has 0 fully saturated rings. The van der Waals surface area contributed by atoms with Crippen molar-refractivity contribution >= 4 is 11.3 Å². The van der Waals surface area contributed by atoms with E-state index in [4.69, 9.17) is 15.3 Å². The van der Waals surface area contributed by atoms with Crippen molar-refractivity contribution in [3.63, 3.8) is 0 Å². The van der Waals surface area contributed by atoms with Crippen LogP contribution in [-0.2, 0) is 0 Å². The predicted octanol–water partition coefficient (Wildman–Crippen LogP) is 1.71. The number of nitrogens with one attached hydrogen (secondary N) is 1. The molecular weight excluding hydrogens is 250 g/mol. The summed E-state index contributed by atoms with van der Waals surface area (Å²) < 4.78 is 10.6. The zero-order valence-electron chi connectivity index (χ0n) is 10.2. The molecule has 0 aliphatic heterocycles. The lowest BCUT2D eigenvalue weighted by atomic mass is 10.0. The lowest BCUT2D eigenvalue weighted by molar-refractivity contribution is 0.388. The highest BCUT2D eigenvalue weighted by Gasteiger charge is 2.18. The maximum absolute atomic E-state index is 5.63. The Morgan fingerprint density at radius 1 is 1.33 bits per heavy atom. The third-order valence-corrected chi connectivity index (χ3v) is 3.49. The van der Waals surface area contributed by atoms with Crippen molar-refractivity contribution in [2.24, 2.45) is 5.84 Å². The minimum atomic E-state index is -0.140.